The zero-order valence-electron chi connectivity index (χ0n) is 13.1. The van der Waals surface area contributed by atoms with Crippen molar-refractivity contribution in [2.45, 2.75) is 45.6 Å². The van der Waals surface area contributed by atoms with Crippen LogP contribution in [0.15, 0.2) is 0 Å². The van der Waals surface area contributed by atoms with E-state index >= 15 is 0 Å². The van der Waals surface area contributed by atoms with E-state index in [2.05, 4.69) is 35.9 Å². The summed E-state index contributed by atoms with van der Waals surface area (Å²) in [5.41, 5.74) is -0.0876. The fraction of sp³-hybridized carbons (Fsp3) is 1.00. The lowest BCUT2D eigenvalue weighted by atomic mass is 9.95. The van der Waals surface area contributed by atoms with E-state index in [1.54, 1.807) is 0 Å². The van der Waals surface area contributed by atoms with Crippen molar-refractivity contribution < 1.29 is 5.11 Å². The van der Waals surface area contributed by atoms with E-state index in [-0.39, 0.29) is 12.1 Å². The Balaban J connectivity index is 2.10. The van der Waals surface area contributed by atoms with E-state index in [1.165, 1.54) is 52.1 Å². The normalized spacial score (nSPS) is 21.5. The molecule has 1 aliphatic heterocycles. The van der Waals surface area contributed by atoms with Gasteiger partial charge in [-0.2, -0.15) is 0 Å². The third-order valence-corrected chi connectivity index (χ3v) is 4.32. The molecule has 0 aromatic heterocycles. The van der Waals surface area contributed by atoms with Gasteiger partial charge in [0.25, 0.3) is 0 Å². The van der Waals surface area contributed by atoms with E-state index in [0.29, 0.717) is 0 Å². The van der Waals surface area contributed by atoms with Crippen LogP contribution in [-0.4, -0.2) is 72.9 Å². The maximum Gasteiger partial charge on any atom is 0.0610 e. The van der Waals surface area contributed by atoms with Gasteiger partial charge >= 0.3 is 0 Å². The first-order valence-electron chi connectivity index (χ1n) is 7.94. The molecule has 4 nitrogen and oxygen atoms in total. The quantitative estimate of drug-likeness (QED) is 0.617. The van der Waals surface area contributed by atoms with Gasteiger partial charge in [0.05, 0.1) is 6.61 Å². The van der Waals surface area contributed by atoms with Crippen LogP contribution in [0.2, 0.25) is 0 Å². The number of nitrogens with zero attached hydrogens (tertiary/aromatic N) is 2. The zero-order valence-corrected chi connectivity index (χ0v) is 13.1. The van der Waals surface area contributed by atoms with Crippen molar-refractivity contribution in [2.75, 3.05) is 52.4 Å². The van der Waals surface area contributed by atoms with Crippen molar-refractivity contribution >= 4 is 0 Å². The molecule has 0 aromatic rings. The third-order valence-electron chi connectivity index (χ3n) is 4.32. The second-order valence-electron chi connectivity index (χ2n) is 5.98. The maximum atomic E-state index is 9.44. The fourth-order valence-corrected chi connectivity index (χ4v) is 2.83. The Morgan fingerprint density at radius 2 is 1.68 bits per heavy atom. The topological polar surface area (TPSA) is 38.7 Å². The number of unbranched alkanes of at least 4 members (excludes halogenated alkanes) is 1. The minimum Gasteiger partial charge on any atom is -0.394 e. The smallest absolute Gasteiger partial charge is 0.0610 e. The molecule has 1 fully saturated rings. The van der Waals surface area contributed by atoms with Crippen molar-refractivity contribution in [3.63, 3.8) is 0 Å². The predicted octanol–water partition coefficient (Wildman–Crippen LogP) is 1.15. The molecule has 1 saturated heterocycles. The summed E-state index contributed by atoms with van der Waals surface area (Å²) in [5, 5.41) is 12.8. The molecule has 1 heterocycles. The van der Waals surface area contributed by atoms with Crippen LogP contribution in [0.1, 0.15) is 40.0 Å². The monoisotopic (exact) mass is 271 g/mol. The number of piperazine rings is 1. The van der Waals surface area contributed by atoms with Gasteiger partial charge in [0.2, 0.25) is 0 Å². The van der Waals surface area contributed by atoms with Crippen LogP contribution in [0.4, 0.5) is 0 Å². The second-order valence-corrected chi connectivity index (χ2v) is 5.98. The van der Waals surface area contributed by atoms with Gasteiger partial charge in [0.1, 0.15) is 0 Å². The molecule has 1 atom stereocenters. The number of nitrogens with one attached hydrogen (secondary N) is 1. The molecule has 0 aliphatic carbocycles. The molecule has 1 aliphatic rings. The molecule has 114 valence electrons. The van der Waals surface area contributed by atoms with Crippen molar-refractivity contribution in [1.82, 2.24) is 15.1 Å². The summed E-state index contributed by atoms with van der Waals surface area (Å²) < 4.78 is 0. The summed E-state index contributed by atoms with van der Waals surface area (Å²) in [5.74, 6) is 0. The first kappa shape index (κ1) is 16.9. The number of rotatable bonds is 9. The Hall–Kier alpha value is -0.160. The lowest BCUT2D eigenvalue weighted by Crippen LogP contribution is -2.47. The van der Waals surface area contributed by atoms with Crippen LogP contribution in [0.3, 0.4) is 0 Å². The van der Waals surface area contributed by atoms with Gasteiger partial charge in [0, 0.05) is 31.7 Å². The Morgan fingerprint density at radius 3 is 2.21 bits per heavy atom. The lowest BCUT2D eigenvalue weighted by Gasteiger charge is -2.34. The number of likely N-dealkylation sites (N-methyl/N-ethyl adjacent to an activating group) is 2. The minimum atomic E-state index is -0.0876. The van der Waals surface area contributed by atoms with E-state index < -0.39 is 0 Å². The third kappa shape index (κ3) is 6.21. The molecular weight excluding hydrogens is 238 g/mol. The van der Waals surface area contributed by atoms with Crippen molar-refractivity contribution in [2.24, 2.45) is 0 Å². The molecule has 0 spiro atoms. The highest BCUT2D eigenvalue weighted by atomic mass is 16.3. The Morgan fingerprint density at radius 1 is 1.05 bits per heavy atom. The van der Waals surface area contributed by atoms with Crippen LogP contribution in [-0.2, 0) is 0 Å². The van der Waals surface area contributed by atoms with E-state index in [4.69, 9.17) is 0 Å². The summed E-state index contributed by atoms with van der Waals surface area (Å²) in [6, 6.07) is 0. The average Bonchev–Trinajstić information content (AvgIpc) is 2.44. The number of aliphatic hydroxyl groups is 1. The predicted molar refractivity (Wildman–Crippen MR) is 81.6 cm³/mol. The van der Waals surface area contributed by atoms with Crippen LogP contribution in [0.5, 0.6) is 0 Å². The summed E-state index contributed by atoms with van der Waals surface area (Å²) >= 11 is 0. The molecule has 1 rings (SSSR count). The molecular formula is C15H33N3O. The molecule has 0 saturated carbocycles. The van der Waals surface area contributed by atoms with Crippen LogP contribution in [0.25, 0.3) is 0 Å². The minimum absolute atomic E-state index is 0.0876. The van der Waals surface area contributed by atoms with Gasteiger partial charge in [-0.25, -0.2) is 0 Å². The maximum absolute atomic E-state index is 9.44. The number of aliphatic hydroxyl groups excluding tert-OH is 1. The number of hydrogen-bond acceptors (Lipinski definition) is 4. The van der Waals surface area contributed by atoms with E-state index in [9.17, 15) is 5.11 Å². The molecule has 0 aromatic carbocycles. The average molecular weight is 271 g/mol. The lowest BCUT2D eigenvalue weighted by molar-refractivity contribution is 0.131. The molecule has 0 radical (unpaired) electrons. The van der Waals surface area contributed by atoms with Gasteiger partial charge in [-0.15, -0.1) is 0 Å². The van der Waals surface area contributed by atoms with Crippen LogP contribution >= 0.6 is 0 Å². The van der Waals surface area contributed by atoms with Crippen molar-refractivity contribution in [3.8, 4) is 0 Å². The van der Waals surface area contributed by atoms with Gasteiger partial charge in [-0.3, -0.25) is 0 Å². The highest BCUT2D eigenvalue weighted by molar-refractivity contribution is 4.81. The summed E-state index contributed by atoms with van der Waals surface area (Å²) in [6.07, 6.45) is 3.50. The second kappa shape index (κ2) is 8.90. The summed E-state index contributed by atoms with van der Waals surface area (Å²) in [4.78, 5) is 5.10. The molecule has 0 bridgehead atoms. The molecule has 2 N–H and O–H groups in total. The SMILES string of the molecule is CCNC(C)(CO)CCCCN1CCN(CC)CC1. The van der Waals surface area contributed by atoms with Gasteiger partial charge in [-0.05, 0) is 39.4 Å². The highest BCUT2D eigenvalue weighted by Gasteiger charge is 2.21. The molecule has 4 heteroatoms. The Bertz CT molecular complexity index is 229. The largest absolute Gasteiger partial charge is 0.394 e. The number of hydrogen-bond donors (Lipinski definition) is 2. The Kier molecular flexibility index (Phi) is 7.91. The van der Waals surface area contributed by atoms with Gasteiger partial charge in [0.15, 0.2) is 0 Å². The molecule has 0 amide bonds. The van der Waals surface area contributed by atoms with Gasteiger partial charge < -0.3 is 20.2 Å². The fourth-order valence-electron chi connectivity index (χ4n) is 2.83. The first-order chi connectivity index (χ1) is 9.13. The van der Waals surface area contributed by atoms with E-state index in [0.717, 1.165) is 13.0 Å². The van der Waals surface area contributed by atoms with Crippen LogP contribution in [0, 0.1) is 0 Å². The van der Waals surface area contributed by atoms with Gasteiger partial charge in [-0.1, -0.05) is 20.3 Å². The molecule has 1 unspecified atom stereocenters. The summed E-state index contributed by atoms with van der Waals surface area (Å²) in [7, 11) is 0. The van der Waals surface area contributed by atoms with Crippen molar-refractivity contribution in [1.29, 1.82) is 0 Å². The summed E-state index contributed by atoms with van der Waals surface area (Å²) in [6.45, 7) is 14.9. The van der Waals surface area contributed by atoms with Crippen molar-refractivity contribution in [3.05, 3.63) is 0 Å². The zero-order chi connectivity index (χ0) is 14.1. The molecule has 19 heavy (non-hydrogen) atoms. The Labute approximate surface area is 119 Å². The first-order valence-corrected chi connectivity index (χ1v) is 7.94. The van der Waals surface area contributed by atoms with E-state index in [1.807, 2.05) is 0 Å². The highest BCUT2D eigenvalue weighted by Crippen LogP contribution is 2.14. The standard InChI is InChI=1S/C15H33N3O/c1-4-16-15(3,14-19)8-6-7-9-18-12-10-17(5-2)11-13-18/h16,19H,4-14H2,1-3H3. The van der Waals surface area contributed by atoms with Crippen LogP contribution < -0.4 is 5.32 Å².